The van der Waals surface area contributed by atoms with Crippen molar-refractivity contribution >= 4 is 21.7 Å². The van der Waals surface area contributed by atoms with E-state index in [4.69, 9.17) is 4.74 Å². The highest BCUT2D eigenvalue weighted by Crippen LogP contribution is 2.36. The number of ether oxygens (including phenoxy) is 1. The predicted octanol–water partition coefficient (Wildman–Crippen LogP) is 5.51. The molecular formula is C22H17F3NO+. The summed E-state index contributed by atoms with van der Waals surface area (Å²) in [4.78, 5) is 0. The van der Waals surface area contributed by atoms with Crippen LogP contribution in [0.5, 0.6) is 5.75 Å². The van der Waals surface area contributed by atoms with Gasteiger partial charge >= 0.3 is 6.18 Å². The molecule has 5 heteroatoms. The van der Waals surface area contributed by atoms with Gasteiger partial charge in [-0.2, -0.15) is 17.7 Å². The average Bonchev–Trinajstić information content (AvgIpc) is 2.66. The summed E-state index contributed by atoms with van der Waals surface area (Å²) in [5.74, 6) is 0.677. The number of fused-ring (bicyclic) bond motifs is 3. The van der Waals surface area contributed by atoms with Crippen LogP contribution in [0.25, 0.3) is 32.8 Å². The lowest BCUT2D eigenvalue weighted by molar-refractivity contribution is -0.643. The van der Waals surface area contributed by atoms with E-state index >= 15 is 0 Å². The molecular weight excluding hydrogens is 351 g/mol. The molecule has 136 valence electrons. The summed E-state index contributed by atoms with van der Waals surface area (Å²) in [7, 11) is 3.55. The van der Waals surface area contributed by atoms with Gasteiger partial charge in [-0.05, 0) is 41.5 Å². The number of pyridine rings is 1. The number of halogens is 3. The van der Waals surface area contributed by atoms with Crippen molar-refractivity contribution in [1.82, 2.24) is 0 Å². The number of alkyl halides is 3. The summed E-state index contributed by atoms with van der Waals surface area (Å²) in [6.45, 7) is 0. The minimum Gasteiger partial charge on any atom is -0.490 e. The first-order chi connectivity index (χ1) is 12.9. The van der Waals surface area contributed by atoms with Gasteiger partial charge in [0.05, 0.1) is 18.1 Å². The molecule has 0 unspecified atom stereocenters. The Kier molecular flexibility index (Phi) is 4.02. The zero-order valence-electron chi connectivity index (χ0n) is 14.8. The Morgan fingerprint density at radius 3 is 2.22 bits per heavy atom. The van der Waals surface area contributed by atoms with Crippen molar-refractivity contribution in [3.63, 3.8) is 0 Å². The zero-order valence-corrected chi connectivity index (χ0v) is 14.8. The quantitative estimate of drug-likeness (QED) is 0.336. The molecule has 4 rings (SSSR count). The van der Waals surface area contributed by atoms with Gasteiger partial charge in [0, 0.05) is 10.8 Å². The Morgan fingerprint density at radius 1 is 0.852 bits per heavy atom. The number of rotatable bonds is 2. The summed E-state index contributed by atoms with van der Waals surface area (Å²) in [6.07, 6.45) is -2.30. The van der Waals surface area contributed by atoms with Gasteiger partial charge in [0.25, 0.3) is 5.52 Å². The second kappa shape index (κ2) is 6.27. The van der Waals surface area contributed by atoms with E-state index < -0.39 is 11.7 Å². The SMILES string of the molecule is COc1cc(-c2ccc(C(F)(F)F)cc2)cc2c3ccccc3c[n+](C)c12. The van der Waals surface area contributed by atoms with Crippen molar-refractivity contribution in [2.24, 2.45) is 7.05 Å². The molecule has 0 radical (unpaired) electrons. The third kappa shape index (κ3) is 2.99. The number of aryl methyl sites for hydroxylation is 1. The van der Waals surface area contributed by atoms with Gasteiger partial charge in [-0.1, -0.05) is 30.3 Å². The molecule has 3 aromatic carbocycles. The van der Waals surface area contributed by atoms with Crippen LogP contribution in [0.3, 0.4) is 0 Å². The van der Waals surface area contributed by atoms with E-state index in [1.807, 2.05) is 54.2 Å². The fraction of sp³-hybridized carbons (Fsp3) is 0.136. The van der Waals surface area contributed by atoms with Crippen LogP contribution in [0.15, 0.2) is 66.9 Å². The van der Waals surface area contributed by atoms with Crippen molar-refractivity contribution in [2.75, 3.05) is 7.11 Å². The third-order valence-corrected chi connectivity index (χ3v) is 4.78. The number of hydrogen-bond donors (Lipinski definition) is 0. The number of nitrogens with zero attached hydrogens (tertiary/aromatic N) is 1. The highest BCUT2D eigenvalue weighted by atomic mass is 19.4. The van der Waals surface area contributed by atoms with E-state index in [1.165, 1.54) is 12.1 Å². The van der Waals surface area contributed by atoms with Crippen molar-refractivity contribution in [3.8, 4) is 16.9 Å². The van der Waals surface area contributed by atoms with E-state index in [0.29, 0.717) is 11.3 Å². The summed E-state index contributed by atoms with van der Waals surface area (Å²) >= 11 is 0. The molecule has 0 atom stereocenters. The Balaban J connectivity index is 1.98. The van der Waals surface area contributed by atoms with Gasteiger partial charge in [-0.15, -0.1) is 0 Å². The average molecular weight is 368 g/mol. The lowest BCUT2D eigenvalue weighted by atomic mass is 9.98. The Hall–Kier alpha value is -3.08. The van der Waals surface area contributed by atoms with Crippen molar-refractivity contribution < 1.29 is 22.5 Å². The summed E-state index contributed by atoms with van der Waals surface area (Å²) in [5.41, 5.74) is 1.80. The first-order valence-electron chi connectivity index (χ1n) is 8.45. The van der Waals surface area contributed by atoms with Gasteiger partial charge in [0.1, 0.15) is 7.05 Å². The fourth-order valence-electron chi connectivity index (χ4n) is 3.48. The van der Waals surface area contributed by atoms with Crippen LogP contribution in [0.2, 0.25) is 0 Å². The molecule has 1 aromatic heterocycles. The van der Waals surface area contributed by atoms with Gasteiger partial charge in [-0.3, -0.25) is 0 Å². The van der Waals surface area contributed by atoms with Crippen LogP contribution in [0.4, 0.5) is 13.2 Å². The molecule has 0 saturated carbocycles. The van der Waals surface area contributed by atoms with E-state index in [1.54, 1.807) is 7.11 Å². The Labute approximate surface area is 154 Å². The van der Waals surface area contributed by atoms with E-state index in [9.17, 15) is 13.2 Å². The lowest BCUT2D eigenvalue weighted by Crippen LogP contribution is -2.28. The monoisotopic (exact) mass is 368 g/mol. The fourth-order valence-corrected chi connectivity index (χ4v) is 3.48. The molecule has 0 amide bonds. The van der Waals surface area contributed by atoms with Crippen LogP contribution < -0.4 is 9.30 Å². The zero-order chi connectivity index (χ0) is 19.2. The number of benzene rings is 3. The van der Waals surface area contributed by atoms with Crippen LogP contribution in [0.1, 0.15) is 5.56 Å². The largest absolute Gasteiger partial charge is 0.490 e. The Morgan fingerprint density at radius 2 is 1.56 bits per heavy atom. The van der Waals surface area contributed by atoms with Crippen LogP contribution >= 0.6 is 0 Å². The lowest BCUT2D eigenvalue weighted by Gasteiger charge is -2.11. The predicted molar refractivity (Wildman–Crippen MR) is 99.6 cm³/mol. The van der Waals surface area contributed by atoms with Gasteiger partial charge in [0.2, 0.25) is 0 Å². The highest BCUT2D eigenvalue weighted by molar-refractivity contribution is 6.07. The maximum absolute atomic E-state index is 12.8. The van der Waals surface area contributed by atoms with Crippen molar-refractivity contribution in [3.05, 3.63) is 72.4 Å². The van der Waals surface area contributed by atoms with Crippen molar-refractivity contribution in [1.29, 1.82) is 0 Å². The number of methoxy groups -OCH3 is 1. The van der Waals surface area contributed by atoms with Gasteiger partial charge in [0.15, 0.2) is 11.9 Å². The summed E-state index contributed by atoms with van der Waals surface area (Å²) in [5, 5.41) is 3.14. The maximum Gasteiger partial charge on any atom is 0.416 e. The molecule has 0 aliphatic carbocycles. The minimum absolute atomic E-state index is 0.657. The molecule has 2 nitrogen and oxygen atoms in total. The van der Waals surface area contributed by atoms with E-state index in [2.05, 4.69) is 0 Å². The molecule has 27 heavy (non-hydrogen) atoms. The van der Waals surface area contributed by atoms with Gasteiger partial charge in [-0.25, -0.2) is 0 Å². The Bertz CT molecular complexity index is 1150. The number of aromatic nitrogens is 1. The molecule has 1 heterocycles. The van der Waals surface area contributed by atoms with Crippen LogP contribution in [0, 0.1) is 0 Å². The third-order valence-electron chi connectivity index (χ3n) is 4.78. The van der Waals surface area contributed by atoms with Crippen LogP contribution in [-0.2, 0) is 13.2 Å². The molecule has 0 fully saturated rings. The van der Waals surface area contributed by atoms with Gasteiger partial charge < -0.3 is 4.74 Å². The minimum atomic E-state index is -4.34. The molecule has 0 saturated heterocycles. The normalized spacial score (nSPS) is 11.9. The first kappa shape index (κ1) is 17.3. The van der Waals surface area contributed by atoms with E-state index in [0.717, 1.165) is 39.4 Å². The van der Waals surface area contributed by atoms with Crippen LogP contribution in [-0.4, -0.2) is 7.11 Å². The molecule has 4 aromatic rings. The maximum atomic E-state index is 12.8. The first-order valence-corrected chi connectivity index (χ1v) is 8.45. The molecule has 0 spiro atoms. The molecule has 0 N–H and O–H groups in total. The summed E-state index contributed by atoms with van der Waals surface area (Å²) in [6, 6.07) is 17.1. The highest BCUT2D eigenvalue weighted by Gasteiger charge is 2.30. The molecule has 0 bridgehead atoms. The molecule has 0 aliphatic rings. The standard InChI is InChI=1S/C22H17F3NO/c1-26-13-15-5-3-4-6-18(15)19-11-16(12-20(27-2)21(19)26)14-7-9-17(10-8-14)22(23,24)25/h3-13H,1-2H3/q+1. The smallest absolute Gasteiger partial charge is 0.416 e. The van der Waals surface area contributed by atoms with E-state index in [-0.39, 0.29) is 0 Å². The number of hydrogen-bond acceptors (Lipinski definition) is 1. The molecule has 0 aliphatic heterocycles. The second-order valence-electron chi connectivity index (χ2n) is 6.48. The summed E-state index contributed by atoms with van der Waals surface area (Å²) < 4.78 is 46.1. The second-order valence-corrected chi connectivity index (χ2v) is 6.48. The van der Waals surface area contributed by atoms with Crippen molar-refractivity contribution in [2.45, 2.75) is 6.18 Å². The topological polar surface area (TPSA) is 13.1 Å².